The van der Waals surface area contributed by atoms with E-state index in [1.54, 1.807) is 11.3 Å². The van der Waals surface area contributed by atoms with Crippen LogP contribution in [0.25, 0.3) is 0 Å². The molecule has 3 rings (SSSR count). The van der Waals surface area contributed by atoms with Crippen LogP contribution >= 0.6 is 11.3 Å². The van der Waals surface area contributed by atoms with Crippen molar-refractivity contribution in [2.24, 2.45) is 5.92 Å². The molecule has 1 amide bonds. The summed E-state index contributed by atoms with van der Waals surface area (Å²) in [7, 11) is 0. The van der Waals surface area contributed by atoms with Gasteiger partial charge in [-0.2, -0.15) is 0 Å². The van der Waals surface area contributed by atoms with E-state index in [-0.39, 0.29) is 23.8 Å². The maximum Gasteiger partial charge on any atom is 0.220 e. The SMILES string of the molecule is CC(C)CC(=O)NC(C)C(c1cccs1)N1CCN(c2ccc(F)cc2)CC1. The highest BCUT2D eigenvalue weighted by atomic mass is 32.1. The molecular weight excluding hydrogens is 373 g/mol. The van der Waals surface area contributed by atoms with Crippen molar-refractivity contribution in [3.63, 3.8) is 0 Å². The lowest BCUT2D eigenvalue weighted by Gasteiger charge is -2.42. The molecule has 1 N–H and O–H groups in total. The van der Waals surface area contributed by atoms with Crippen LogP contribution in [0.15, 0.2) is 41.8 Å². The minimum atomic E-state index is -0.203. The highest BCUT2D eigenvalue weighted by Gasteiger charge is 2.31. The van der Waals surface area contributed by atoms with Gasteiger partial charge in [-0.15, -0.1) is 11.3 Å². The molecule has 0 radical (unpaired) electrons. The van der Waals surface area contributed by atoms with E-state index in [0.29, 0.717) is 12.3 Å². The molecule has 1 saturated heterocycles. The van der Waals surface area contributed by atoms with Crippen LogP contribution in [-0.4, -0.2) is 43.0 Å². The van der Waals surface area contributed by atoms with Gasteiger partial charge in [-0.25, -0.2) is 4.39 Å². The molecule has 2 aromatic rings. The van der Waals surface area contributed by atoms with Crippen molar-refractivity contribution in [3.05, 3.63) is 52.5 Å². The molecule has 1 aromatic heterocycles. The third-order valence-corrected chi connectivity index (χ3v) is 6.13. The monoisotopic (exact) mass is 403 g/mol. The van der Waals surface area contributed by atoms with Crippen molar-refractivity contribution in [1.29, 1.82) is 0 Å². The quantitative estimate of drug-likeness (QED) is 0.749. The Bertz CT molecular complexity index is 740. The van der Waals surface area contributed by atoms with Gasteiger partial charge in [0.15, 0.2) is 0 Å². The molecule has 1 aromatic carbocycles. The Morgan fingerprint density at radius 2 is 1.79 bits per heavy atom. The first-order valence-electron chi connectivity index (χ1n) is 10.0. The van der Waals surface area contributed by atoms with Gasteiger partial charge in [0.05, 0.1) is 6.04 Å². The largest absolute Gasteiger partial charge is 0.369 e. The molecule has 0 spiro atoms. The third-order valence-electron chi connectivity index (χ3n) is 5.19. The molecule has 1 aliphatic rings. The van der Waals surface area contributed by atoms with Crippen LogP contribution in [0.3, 0.4) is 0 Å². The summed E-state index contributed by atoms with van der Waals surface area (Å²) in [4.78, 5) is 18.4. The van der Waals surface area contributed by atoms with Crippen LogP contribution in [0.2, 0.25) is 0 Å². The first-order valence-corrected chi connectivity index (χ1v) is 10.9. The number of halogens is 1. The van der Waals surface area contributed by atoms with E-state index in [9.17, 15) is 9.18 Å². The van der Waals surface area contributed by atoms with Gasteiger partial charge in [0.25, 0.3) is 0 Å². The van der Waals surface area contributed by atoms with Crippen molar-refractivity contribution in [2.75, 3.05) is 31.1 Å². The Labute approximate surface area is 171 Å². The number of rotatable bonds is 7. The highest BCUT2D eigenvalue weighted by Crippen LogP contribution is 2.30. The number of amides is 1. The number of hydrogen-bond acceptors (Lipinski definition) is 4. The zero-order chi connectivity index (χ0) is 20.1. The number of nitrogens with zero attached hydrogens (tertiary/aromatic N) is 2. The van der Waals surface area contributed by atoms with E-state index in [1.165, 1.54) is 17.0 Å². The number of anilines is 1. The highest BCUT2D eigenvalue weighted by molar-refractivity contribution is 7.10. The van der Waals surface area contributed by atoms with Crippen molar-refractivity contribution < 1.29 is 9.18 Å². The van der Waals surface area contributed by atoms with Gasteiger partial charge in [0.1, 0.15) is 5.82 Å². The standard InChI is InChI=1S/C22H30FN3OS/c1-16(2)15-21(27)24-17(3)22(20-5-4-14-28-20)26-12-10-25(11-13-26)19-8-6-18(23)7-9-19/h4-9,14,16-17,22H,10-13,15H2,1-3H3,(H,24,27). The number of thiophene rings is 1. The number of carbonyl (C=O) groups is 1. The fourth-order valence-electron chi connectivity index (χ4n) is 3.87. The first-order chi connectivity index (χ1) is 13.4. The molecule has 1 fully saturated rings. The number of hydrogen-bond donors (Lipinski definition) is 1. The van der Waals surface area contributed by atoms with Crippen LogP contribution in [0.4, 0.5) is 10.1 Å². The average molecular weight is 404 g/mol. The molecule has 28 heavy (non-hydrogen) atoms. The number of carbonyl (C=O) groups excluding carboxylic acids is 1. The minimum absolute atomic E-state index is 0.0438. The van der Waals surface area contributed by atoms with Gasteiger partial charge in [0.2, 0.25) is 5.91 Å². The molecule has 0 bridgehead atoms. The molecule has 0 aliphatic carbocycles. The summed E-state index contributed by atoms with van der Waals surface area (Å²) in [5.74, 6) is 0.270. The summed E-state index contributed by atoms with van der Waals surface area (Å²) in [6.07, 6.45) is 0.555. The molecule has 2 atom stereocenters. The molecule has 152 valence electrons. The maximum absolute atomic E-state index is 13.2. The smallest absolute Gasteiger partial charge is 0.220 e. The first kappa shape index (κ1) is 20.8. The van der Waals surface area contributed by atoms with E-state index in [2.05, 4.69) is 53.4 Å². The molecular formula is C22H30FN3OS. The lowest BCUT2D eigenvalue weighted by molar-refractivity contribution is -0.122. The molecule has 2 unspecified atom stereocenters. The Morgan fingerprint density at radius 3 is 2.36 bits per heavy atom. The summed E-state index contributed by atoms with van der Waals surface area (Å²) in [6, 6.07) is 11.2. The van der Waals surface area contributed by atoms with E-state index < -0.39 is 0 Å². The van der Waals surface area contributed by atoms with E-state index in [4.69, 9.17) is 0 Å². The predicted octanol–water partition coefficient (Wildman–Crippen LogP) is 4.30. The Kier molecular flexibility index (Phi) is 7.08. The lowest BCUT2D eigenvalue weighted by atomic mass is 10.0. The second-order valence-corrected chi connectivity index (χ2v) is 8.89. The van der Waals surface area contributed by atoms with E-state index >= 15 is 0 Å². The van der Waals surface area contributed by atoms with Gasteiger partial charge in [-0.05, 0) is 48.6 Å². The zero-order valence-corrected chi connectivity index (χ0v) is 17.7. The molecule has 4 nitrogen and oxygen atoms in total. The third kappa shape index (κ3) is 5.32. The fourth-order valence-corrected chi connectivity index (χ4v) is 4.84. The number of piperazine rings is 1. The van der Waals surface area contributed by atoms with Gasteiger partial charge in [0, 0.05) is 49.2 Å². The number of benzene rings is 1. The Hall–Kier alpha value is -1.92. The average Bonchev–Trinajstić information content (AvgIpc) is 3.16. The van der Waals surface area contributed by atoms with E-state index in [1.807, 2.05) is 12.1 Å². The van der Waals surface area contributed by atoms with Crippen LogP contribution in [0.5, 0.6) is 0 Å². The Morgan fingerprint density at radius 1 is 1.11 bits per heavy atom. The molecule has 0 saturated carbocycles. The van der Waals surface area contributed by atoms with Crippen LogP contribution in [-0.2, 0) is 4.79 Å². The van der Waals surface area contributed by atoms with Crippen molar-refractivity contribution in [3.8, 4) is 0 Å². The zero-order valence-electron chi connectivity index (χ0n) is 16.9. The topological polar surface area (TPSA) is 35.6 Å². The summed E-state index contributed by atoms with van der Waals surface area (Å²) >= 11 is 1.74. The minimum Gasteiger partial charge on any atom is -0.369 e. The van der Waals surface area contributed by atoms with Crippen LogP contribution < -0.4 is 10.2 Å². The summed E-state index contributed by atoms with van der Waals surface area (Å²) in [5.41, 5.74) is 1.06. The van der Waals surface area contributed by atoms with Crippen LogP contribution in [0, 0.1) is 11.7 Å². The normalized spacial score (nSPS) is 17.5. The van der Waals surface area contributed by atoms with Gasteiger partial charge in [-0.3, -0.25) is 9.69 Å². The van der Waals surface area contributed by atoms with Gasteiger partial charge in [-0.1, -0.05) is 19.9 Å². The second-order valence-electron chi connectivity index (χ2n) is 7.91. The molecule has 6 heteroatoms. The van der Waals surface area contributed by atoms with Gasteiger partial charge >= 0.3 is 0 Å². The number of nitrogens with one attached hydrogen (secondary N) is 1. The fraction of sp³-hybridized carbons (Fsp3) is 0.500. The molecule has 1 aliphatic heterocycles. The van der Waals surface area contributed by atoms with E-state index in [0.717, 1.165) is 31.9 Å². The maximum atomic E-state index is 13.2. The van der Waals surface area contributed by atoms with Crippen molar-refractivity contribution in [1.82, 2.24) is 10.2 Å². The van der Waals surface area contributed by atoms with Gasteiger partial charge < -0.3 is 10.2 Å². The molecule has 2 heterocycles. The van der Waals surface area contributed by atoms with Crippen molar-refractivity contribution >= 4 is 22.9 Å². The lowest BCUT2D eigenvalue weighted by Crippen LogP contribution is -2.52. The van der Waals surface area contributed by atoms with Crippen molar-refractivity contribution in [2.45, 2.75) is 39.3 Å². The second kappa shape index (κ2) is 9.52. The summed E-state index contributed by atoms with van der Waals surface area (Å²) < 4.78 is 13.2. The van der Waals surface area contributed by atoms with Crippen LogP contribution in [0.1, 0.15) is 38.1 Å². The summed E-state index contributed by atoms with van der Waals surface area (Å²) in [5, 5.41) is 5.31. The Balaban J connectivity index is 1.66. The predicted molar refractivity (Wildman–Crippen MR) is 114 cm³/mol. The summed E-state index contributed by atoms with van der Waals surface area (Å²) in [6.45, 7) is 9.83.